The molecule has 2 N–H and O–H groups in total. The lowest BCUT2D eigenvalue weighted by atomic mass is 10.1. The van der Waals surface area contributed by atoms with E-state index in [1.807, 2.05) is 7.05 Å². The topological polar surface area (TPSA) is 33.5 Å². The van der Waals surface area contributed by atoms with Crippen LogP contribution in [0.1, 0.15) is 18.1 Å². The van der Waals surface area contributed by atoms with Gasteiger partial charge in [0.25, 0.3) is 5.91 Å². The molecule has 1 amide bonds. The Labute approximate surface area is 134 Å². The van der Waals surface area contributed by atoms with Gasteiger partial charge in [0.05, 0.1) is 12.7 Å². The van der Waals surface area contributed by atoms with Crippen molar-refractivity contribution in [3.63, 3.8) is 0 Å². The van der Waals surface area contributed by atoms with Gasteiger partial charge in [-0.1, -0.05) is 31.2 Å². The molecule has 0 heterocycles. The van der Waals surface area contributed by atoms with Gasteiger partial charge in [-0.2, -0.15) is 0 Å². The molecule has 3 nitrogen and oxygen atoms in total. The van der Waals surface area contributed by atoms with Gasteiger partial charge in [0.2, 0.25) is 0 Å². The summed E-state index contributed by atoms with van der Waals surface area (Å²) in [7, 11) is 1.90. The summed E-state index contributed by atoms with van der Waals surface area (Å²) in [6.45, 7) is 3.00. The number of hydrogen-bond acceptors (Lipinski definition) is 1. The molecule has 0 aromatic heterocycles. The first-order valence-electron chi connectivity index (χ1n) is 7.62. The third kappa shape index (κ3) is 5.14. The summed E-state index contributed by atoms with van der Waals surface area (Å²) in [5, 5.41) is 2.47. The third-order valence-corrected chi connectivity index (χ3v) is 3.60. The second-order valence-electron chi connectivity index (χ2n) is 5.65. The molecule has 1 atom stereocenters. The van der Waals surface area contributed by atoms with Crippen LogP contribution in [-0.4, -0.2) is 19.5 Å². The number of aryl methyl sites for hydroxylation is 1. The first kappa shape index (κ1) is 17.1. The van der Waals surface area contributed by atoms with Crippen LogP contribution in [0.5, 0.6) is 0 Å². The minimum atomic E-state index is -0.772. The Hall–Kier alpha value is -2.27. The molecule has 0 bridgehead atoms. The number of anilines is 1. The lowest BCUT2D eigenvalue weighted by Gasteiger charge is -2.14. The number of benzene rings is 2. The van der Waals surface area contributed by atoms with Gasteiger partial charge in [0.15, 0.2) is 6.54 Å². The van der Waals surface area contributed by atoms with Crippen molar-refractivity contribution in [2.75, 3.05) is 18.9 Å². The molecule has 0 aliphatic carbocycles. The Morgan fingerprint density at radius 2 is 1.74 bits per heavy atom. The number of likely N-dealkylation sites (N-methyl/N-ethyl adjacent to an activating group) is 1. The van der Waals surface area contributed by atoms with Crippen LogP contribution in [-0.2, 0) is 17.8 Å². The van der Waals surface area contributed by atoms with Gasteiger partial charge in [0.1, 0.15) is 18.2 Å². The minimum Gasteiger partial charge on any atom is -0.326 e. The molecule has 0 fully saturated rings. The summed E-state index contributed by atoms with van der Waals surface area (Å²) in [5.41, 5.74) is 2.41. The molecule has 23 heavy (non-hydrogen) atoms. The monoisotopic (exact) mass is 319 g/mol. The molecule has 1 unspecified atom stereocenters. The molecule has 122 valence electrons. The fourth-order valence-electron chi connectivity index (χ4n) is 2.36. The molecular formula is C18H21F2N2O+. The first-order valence-corrected chi connectivity index (χ1v) is 7.62. The number of carbonyl (C=O) groups is 1. The molecule has 0 saturated heterocycles. The third-order valence-electron chi connectivity index (χ3n) is 3.60. The Bertz CT molecular complexity index is 671. The molecule has 2 aromatic carbocycles. The highest BCUT2D eigenvalue weighted by molar-refractivity contribution is 5.91. The van der Waals surface area contributed by atoms with Crippen molar-refractivity contribution < 1.29 is 18.5 Å². The van der Waals surface area contributed by atoms with E-state index in [-0.39, 0.29) is 18.1 Å². The quantitative estimate of drug-likeness (QED) is 0.841. The van der Waals surface area contributed by atoms with Gasteiger partial charge in [-0.25, -0.2) is 8.78 Å². The van der Waals surface area contributed by atoms with E-state index in [1.54, 1.807) is 0 Å². The average molecular weight is 319 g/mol. The minimum absolute atomic E-state index is 0.00324. The lowest BCUT2D eigenvalue weighted by Crippen LogP contribution is -3.08. The fourth-order valence-corrected chi connectivity index (χ4v) is 2.36. The Morgan fingerprint density at radius 3 is 2.35 bits per heavy atom. The number of amides is 1. The highest BCUT2D eigenvalue weighted by Crippen LogP contribution is 2.14. The number of carbonyl (C=O) groups excluding carboxylic acids is 1. The summed E-state index contributed by atoms with van der Waals surface area (Å²) in [6.07, 6.45) is 0.995. The van der Waals surface area contributed by atoms with Crippen molar-refractivity contribution in [1.29, 1.82) is 0 Å². The Kier molecular flexibility index (Phi) is 5.82. The number of quaternary nitrogens is 1. The molecule has 2 rings (SSSR count). The molecule has 0 aliphatic rings. The maximum absolute atomic E-state index is 13.5. The number of hydrogen-bond donors (Lipinski definition) is 2. The number of halogens is 2. The molecule has 0 aliphatic heterocycles. The molecule has 0 radical (unpaired) electrons. The first-order chi connectivity index (χ1) is 11.0. The SMILES string of the molecule is CCc1ccc(C[NH+](C)CC(=O)Nc2ccc(F)cc2F)cc1. The van der Waals surface area contributed by atoms with Crippen LogP contribution in [0.3, 0.4) is 0 Å². The van der Waals surface area contributed by atoms with E-state index in [4.69, 9.17) is 0 Å². The Morgan fingerprint density at radius 1 is 1.09 bits per heavy atom. The molecule has 0 spiro atoms. The summed E-state index contributed by atoms with van der Waals surface area (Å²) >= 11 is 0. The van der Waals surface area contributed by atoms with Crippen LogP contribution >= 0.6 is 0 Å². The van der Waals surface area contributed by atoms with Crippen LogP contribution in [0.25, 0.3) is 0 Å². The lowest BCUT2D eigenvalue weighted by molar-refractivity contribution is -0.885. The van der Waals surface area contributed by atoms with Crippen LogP contribution in [0.2, 0.25) is 0 Å². The molecule has 0 saturated carbocycles. The van der Waals surface area contributed by atoms with Crippen LogP contribution in [0.4, 0.5) is 14.5 Å². The van der Waals surface area contributed by atoms with E-state index in [0.717, 1.165) is 29.0 Å². The highest BCUT2D eigenvalue weighted by Gasteiger charge is 2.13. The van der Waals surface area contributed by atoms with Gasteiger partial charge < -0.3 is 10.2 Å². The van der Waals surface area contributed by atoms with Crippen molar-refractivity contribution in [3.05, 3.63) is 65.2 Å². The zero-order valence-corrected chi connectivity index (χ0v) is 13.3. The van der Waals surface area contributed by atoms with Gasteiger partial charge in [-0.3, -0.25) is 4.79 Å². The largest absolute Gasteiger partial charge is 0.326 e. The van der Waals surface area contributed by atoms with E-state index in [2.05, 4.69) is 36.5 Å². The summed E-state index contributed by atoms with van der Waals surface area (Å²) in [6, 6.07) is 11.4. The molecule has 5 heteroatoms. The van der Waals surface area contributed by atoms with Crippen molar-refractivity contribution in [1.82, 2.24) is 0 Å². The van der Waals surface area contributed by atoms with E-state index < -0.39 is 11.6 Å². The highest BCUT2D eigenvalue weighted by atomic mass is 19.1. The second kappa shape index (κ2) is 7.83. The van der Waals surface area contributed by atoms with Crippen molar-refractivity contribution in [3.8, 4) is 0 Å². The second-order valence-corrected chi connectivity index (χ2v) is 5.65. The van der Waals surface area contributed by atoms with Crippen LogP contribution in [0, 0.1) is 11.6 Å². The van der Waals surface area contributed by atoms with Gasteiger partial charge >= 0.3 is 0 Å². The van der Waals surface area contributed by atoms with Crippen molar-refractivity contribution >= 4 is 11.6 Å². The van der Waals surface area contributed by atoms with Crippen molar-refractivity contribution in [2.24, 2.45) is 0 Å². The maximum atomic E-state index is 13.5. The standard InChI is InChI=1S/C18H20F2N2O/c1-3-13-4-6-14(7-5-13)11-22(2)12-18(23)21-17-9-8-15(19)10-16(17)20/h4-10H,3,11-12H2,1-2H3,(H,21,23)/p+1. The van der Waals surface area contributed by atoms with Crippen molar-refractivity contribution in [2.45, 2.75) is 19.9 Å². The summed E-state index contributed by atoms with van der Waals surface area (Å²) in [5.74, 6) is -1.75. The summed E-state index contributed by atoms with van der Waals surface area (Å²) in [4.78, 5) is 12.9. The van der Waals surface area contributed by atoms with Crippen LogP contribution in [0.15, 0.2) is 42.5 Å². The normalized spacial score (nSPS) is 12.0. The van der Waals surface area contributed by atoms with Gasteiger partial charge in [-0.05, 0) is 24.1 Å². The van der Waals surface area contributed by atoms with E-state index >= 15 is 0 Å². The number of nitrogens with one attached hydrogen (secondary N) is 2. The Balaban J connectivity index is 1.88. The fraction of sp³-hybridized carbons (Fsp3) is 0.278. The van der Waals surface area contributed by atoms with Gasteiger partial charge in [-0.15, -0.1) is 0 Å². The van der Waals surface area contributed by atoms with E-state index in [9.17, 15) is 13.6 Å². The molecule has 2 aromatic rings. The smallest absolute Gasteiger partial charge is 0.279 e. The zero-order valence-electron chi connectivity index (χ0n) is 13.3. The van der Waals surface area contributed by atoms with E-state index in [0.29, 0.717) is 6.54 Å². The average Bonchev–Trinajstić information content (AvgIpc) is 2.50. The zero-order chi connectivity index (χ0) is 16.8. The number of rotatable bonds is 6. The molecular weight excluding hydrogens is 298 g/mol. The van der Waals surface area contributed by atoms with Crippen LogP contribution < -0.4 is 10.2 Å². The predicted molar refractivity (Wildman–Crippen MR) is 86.3 cm³/mol. The van der Waals surface area contributed by atoms with Gasteiger partial charge in [0, 0.05) is 11.6 Å². The maximum Gasteiger partial charge on any atom is 0.279 e. The predicted octanol–water partition coefficient (Wildman–Crippen LogP) is 2.18. The summed E-state index contributed by atoms with van der Waals surface area (Å²) < 4.78 is 26.3. The van der Waals surface area contributed by atoms with E-state index in [1.165, 1.54) is 11.6 Å².